The quantitative estimate of drug-likeness (QED) is 0.679. The Balaban J connectivity index is 2.38. The normalized spacial score (nSPS) is 16.4. The third kappa shape index (κ3) is 6.73. The average molecular weight is 260 g/mol. The molecule has 0 bridgehead atoms. The Morgan fingerprint density at radius 1 is 1.58 bits per heavy atom. The van der Waals surface area contributed by atoms with E-state index in [-0.39, 0.29) is 6.10 Å². The molecule has 0 aliphatic carbocycles. The zero-order valence-electron chi connectivity index (χ0n) is 12.1. The van der Waals surface area contributed by atoms with Gasteiger partial charge in [0.05, 0.1) is 12.6 Å². The maximum absolute atomic E-state index is 5.46. The number of hydrogen-bond donors (Lipinski definition) is 1. The van der Waals surface area contributed by atoms with Crippen molar-refractivity contribution in [2.45, 2.75) is 32.8 Å². The van der Waals surface area contributed by atoms with Gasteiger partial charge in [0.1, 0.15) is 0 Å². The number of rotatable bonds is 8. The number of nitrogens with zero attached hydrogens (tertiary/aromatic N) is 1. The Bertz CT molecular complexity index is 399. The van der Waals surface area contributed by atoms with Gasteiger partial charge in [-0.1, -0.05) is 24.8 Å². The molecule has 0 aromatic rings. The van der Waals surface area contributed by atoms with Crippen molar-refractivity contribution in [3.05, 3.63) is 36.3 Å². The molecule has 19 heavy (non-hydrogen) atoms. The SMILES string of the molecule is CCCN/C(C)=C/C(C/C=C/N1C=CC#CC1)OC. The number of methoxy groups -OCH3 is 1. The summed E-state index contributed by atoms with van der Waals surface area (Å²) in [5.41, 5.74) is 1.17. The Labute approximate surface area is 117 Å². The Morgan fingerprint density at radius 3 is 3.05 bits per heavy atom. The summed E-state index contributed by atoms with van der Waals surface area (Å²) in [7, 11) is 1.74. The summed E-state index contributed by atoms with van der Waals surface area (Å²) in [6, 6.07) is 0. The van der Waals surface area contributed by atoms with Gasteiger partial charge in [-0.05, 0) is 25.8 Å². The molecule has 104 valence electrons. The van der Waals surface area contributed by atoms with Crippen LogP contribution in [0.1, 0.15) is 26.7 Å². The zero-order valence-corrected chi connectivity index (χ0v) is 12.1. The predicted octanol–water partition coefficient (Wildman–Crippen LogP) is 2.64. The highest BCUT2D eigenvalue weighted by molar-refractivity contribution is 5.21. The lowest BCUT2D eigenvalue weighted by atomic mass is 10.2. The van der Waals surface area contributed by atoms with E-state index < -0.39 is 0 Å². The Kier molecular flexibility index (Phi) is 7.53. The van der Waals surface area contributed by atoms with Gasteiger partial charge in [0, 0.05) is 37.8 Å². The zero-order chi connectivity index (χ0) is 13.9. The van der Waals surface area contributed by atoms with Crippen LogP contribution >= 0.6 is 0 Å². The van der Waals surface area contributed by atoms with E-state index in [4.69, 9.17) is 4.74 Å². The van der Waals surface area contributed by atoms with E-state index in [0.29, 0.717) is 0 Å². The van der Waals surface area contributed by atoms with Gasteiger partial charge >= 0.3 is 0 Å². The minimum absolute atomic E-state index is 0.112. The summed E-state index contributed by atoms with van der Waals surface area (Å²) in [5.74, 6) is 5.95. The van der Waals surface area contributed by atoms with Gasteiger partial charge in [0.15, 0.2) is 0 Å². The van der Waals surface area contributed by atoms with Gasteiger partial charge in [0.2, 0.25) is 0 Å². The second-order valence-corrected chi connectivity index (χ2v) is 4.48. The summed E-state index contributed by atoms with van der Waals surface area (Å²) < 4.78 is 5.46. The van der Waals surface area contributed by atoms with E-state index in [9.17, 15) is 0 Å². The van der Waals surface area contributed by atoms with Crippen LogP contribution in [0.2, 0.25) is 0 Å². The molecule has 1 aliphatic rings. The van der Waals surface area contributed by atoms with Crippen molar-refractivity contribution in [2.24, 2.45) is 0 Å². The molecule has 0 amide bonds. The third-order valence-corrected chi connectivity index (χ3v) is 2.77. The lowest BCUT2D eigenvalue weighted by Gasteiger charge is -2.14. The molecular weight excluding hydrogens is 236 g/mol. The summed E-state index contributed by atoms with van der Waals surface area (Å²) in [5, 5.41) is 3.35. The van der Waals surface area contributed by atoms with E-state index >= 15 is 0 Å². The van der Waals surface area contributed by atoms with E-state index in [1.54, 1.807) is 7.11 Å². The molecule has 0 aromatic heterocycles. The van der Waals surface area contributed by atoms with E-state index in [1.807, 2.05) is 12.3 Å². The smallest absolute Gasteiger partial charge is 0.0835 e. The van der Waals surface area contributed by atoms with Crippen LogP contribution in [0.3, 0.4) is 0 Å². The van der Waals surface area contributed by atoms with Crippen LogP contribution in [0.15, 0.2) is 36.3 Å². The number of ether oxygens (including phenoxy) is 1. The predicted molar refractivity (Wildman–Crippen MR) is 80.2 cm³/mol. The molecule has 0 fully saturated rings. The van der Waals surface area contributed by atoms with Crippen LogP contribution < -0.4 is 5.32 Å². The molecule has 0 saturated carbocycles. The summed E-state index contributed by atoms with van der Waals surface area (Å²) in [6.45, 7) is 6.00. The lowest BCUT2D eigenvalue weighted by Crippen LogP contribution is -2.16. The maximum atomic E-state index is 5.46. The van der Waals surface area contributed by atoms with E-state index in [1.165, 1.54) is 5.70 Å². The lowest BCUT2D eigenvalue weighted by molar-refractivity contribution is 0.142. The van der Waals surface area contributed by atoms with Crippen molar-refractivity contribution in [1.82, 2.24) is 10.2 Å². The molecule has 0 radical (unpaired) electrons. The van der Waals surface area contributed by atoms with Crippen LogP contribution in [0.4, 0.5) is 0 Å². The van der Waals surface area contributed by atoms with Crippen LogP contribution in [0.5, 0.6) is 0 Å². The first-order valence-corrected chi connectivity index (χ1v) is 6.78. The fraction of sp³-hybridized carbons (Fsp3) is 0.500. The Hall–Kier alpha value is -1.66. The molecule has 1 atom stereocenters. The molecular formula is C16H24N2O. The largest absolute Gasteiger partial charge is 0.389 e. The van der Waals surface area contributed by atoms with Crippen molar-refractivity contribution in [1.29, 1.82) is 0 Å². The fourth-order valence-corrected chi connectivity index (χ4v) is 1.71. The van der Waals surface area contributed by atoms with Gasteiger partial charge in [-0.25, -0.2) is 0 Å². The van der Waals surface area contributed by atoms with Crippen molar-refractivity contribution < 1.29 is 4.74 Å². The topological polar surface area (TPSA) is 24.5 Å². The number of hydrogen-bond acceptors (Lipinski definition) is 3. The summed E-state index contributed by atoms with van der Waals surface area (Å²) >= 11 is 0. The van der Waals surface area contributed by atoms with Crippen molar-refractivity contribution >= 4 is 0 Å². The number of nitrogens with one attached hydrogen (secondary N) is 1. The molecule has 1 heterocycles. The van der Waals surface area contributed by atoms with E-state index in [2.05, 4.69) is 54.3 Å². The first kappa shape index (κ1) is 15.4. The second kappa shape index (κ2) is 9.29. The molecule has 1 unspecified atom stereocenters. The average Bonchev–Trinajstić information content (AvgIpc) is 2.45. The molecule has 0 aromatic carbocycles. The fourth-order valence-electron chi connectivity index (χ4n) is 1.71. The van der Waals surface area contributed by atoms with Crippen LogP contribution in [0.25, 0.3) is 0 Å². The first-order valence-electron chi connectivity index (χ1n) is 6.78. The second-order valence-electron chi connectivity index (χ2n) is 4.48. The molecule has 1 N–H and O–H groups in total. The summed E-state index contributed by atoms with van der Waals surface area (Å²) in [4.78, 5) is 2.06. The van der Waals surface area contributed by atoms with Crippen LogP contribution in [-0.2, 0) is 4.74 Å². The van der Waals surface area contributed by atoms with Crippen molar-refractivity contribution in [2.75, 3.05) is 20.2 Å². The molecule has 3 heteroatoms. The molecule has 3 nitrogen and oxygen atoms in total. The van der Waals surface area contributed by atoms with Gasteiger partial charge in [-0.15, -0.1) is 0 Å². The standard InChI is InChI=1S/C16H24N2O/c1-4-10-17-15(2)14-16(19-3)9-8-13-18-11-6-5-7-12-18/h6,8,11,13-14,16-17H,4,9-10,12H2,1-3H3/b13-8+,15-14+. The summed E-state index contributed by atoms with van der Waals surface area (Å²) in [6.07, 6.45) is 12.3. The Morgan fingerprint density at radius 2 is 2.42 bits per heavy atom. The first-order chi connectivity index (χ1) is 9.26. The van der Waals surface area contributed by atoms with Gasteiger partial charge in [-0.2, -0.15) is 0 Å². The van der Waals surface area contributed by atoms with E-state index in [0.717, 1.165) is 25.9 Å². The molecule has 0 saturated heterocycles. The minimum Gasteiger partial charge on any atom is -0.389 e. The molecule has 1 aliphatic heterocycles. The third-order valence-electron chi connectivity index (χ3n) is 2.77. The monoisotopic (exact) mass is 260 g/mol. The molecule has 1 rings (SSSR count). The maximum Gasteiger partial charge on any atom is 0.0835 e. The van der Waals surface area contributed by atoms with Crippen LogP contribution in [-0.4, -0.2) is 31.2 Å². The highest BCUT2D eigenvalue weighted by Crippen LogP contribution is 2.05. The van der Waals surface area contributed by atoms with Gasteiger partial charge in [0.25, 0.3) is 0 Å². The van der Waals surface area contributed by atoms with Crippen LogP contribution in [0, 0.1) is 11.8 Å². The highest BCUT2D eigenvalue weighted by Gasteiger charge is 2.02. The highest BCUT2D eigenvalue weighted by atomic mass is 16.5. The minimum atomic E-state index is 0.112. The van der Waals surface area contributed by atoms with Crippen molar-refractivity contribution in [3.8, 4) is 11.8 Å². The van der Waals surface area contributed by atoms with Gasteiger partial charge in [-0.3, -0.25) is 0 Å². The van der Waals surface area contributed by atoms with Gasteiger partial charge < -0.3 is 15.0 Å². The molecule has 0 spiro atoms. The van der Waals surface area contributed by atoms with Crippen molar-refractivity contribution in [3.63, 3.8) is 0 Å². The number of allylic oxidation sites excluding steroid dienone is 2.